The minimum atomic E-state index is -1.82. The van der Waals surface area contributed by atoms with Crippen LogP contribution in [0.15, 0.2) is 103 Å². The SMILES string of the molecule is COC(=O)C(CC#Cc1ccc2c(c1)[C@]1(C(=O)N2)[C@H](C(N)=O)[C@H]2C(=O)O[C@H](c3ccccc3)[C@H](c3ccccc3)N2[C@@H]1c1cccc(OCCO)c1)C(=O)OC. The summed E-state index contributed by atoms with van der Waals surface area (Å²) in [5.41, 5.74) is 7.65. The number of nitrogens with two attached hydrogens (primary N) is 1. The van der Waals surface area contributed by atoms with Crippen LogP contribution in [0, 0.1) is 23.7 Å². The highest BCUT2D eigenvalue weighted by atomic mass is 16.6. The highest BCUT2D eigenvalue weighted by molar-refractivity contribution is 6.12. The van der Waals surface area contributed by atoms with Crippen molar-refractivity contribution in [2.24, 2.45) is 17.6 Å². The summed E-state index contributed by atoms with van der Waals surface area (Å²) < 4.78 is 21.7. The van der Waals surface area contributed by atoms with E-state index < -0.39 is 71.2 Å². The molecule has 13 nitrogen and oxygen atoms in total. The Hall–Kier alpha value is -6.49. The molecule has 1 spiro atoms. The first-order valence-corrected chi connectivity index (χ1v) is 18.0. The number of carbonyl (C=O) groups is 5. The van der Waals surface area contributed by atoms with Gasteiger partial charge in [-0.1, -0.05) is 84.6 Å². The maximum Gasteiger partial charge on any atom is 0.324 e. The van der Waals surface area contributed by atoms with Gasteiger partial charge in [-0.25, -0.2) is 0 Å². The molecule has 7 rings (SSSR count). The maximum absolute atomic E-state index is 15.0. The number of methoxy groups -OCH3 is 2. The molecule has 0 unspecified atom stereocenters. The van der Waals surface area contributed by atoms with Gasteiger partial charge in [-0.3, -0.25) is 28.9 Å². The predicted octanol–water partition coefficient (Wildman–Crippen LogP) is 3.52. The van der Waals surface area contributed by atoms with E-state index in [9.17, 15) is 29.1 Å². The number of carbonyl (C=O) groups excluding carboxylic acids is 5. The molecule has 2 fully saturated rings. The molecule has 4 N–H and O–H groups in total. The number of nitrogens with one attached hydrogen (secondary N) is 1. The number of aliphatic hydroxyl groups is 1. The Balaban J connectivity index is 1.47. The first-order valence-electron chi connectivity index (χ1n) is 18.0. The average Bonchev–Trinajstić information content (AvgIpc) is 3.70. The Morgan fingerprint density at radius 3 is 2.18 bits per heavy atom. The van der Waals surface area contributed by atoms with E-state index in [0.29, 0.717) is 33.7 Å². The summed E-state index contributed by atoms with van der Waals surface area (Å²) >= 11 is 0. The lowest BCUT2D eigenvalue weighted by molar-refractivity contribution is -0.178. The number of hydrogen-bond donors (Lipinski definition) is 3. The summed E-state index contributed by atoms with van der Waals surface area (Å²) in [5, 5.41) is 12.5. The van der Waals surface area contributed by atoms with E-state index in [2.05, 4.69) is 17.2 Å². The molecule has 3 aliphatic rings. The Morgan fingerprint density at radius 2 is 1.54 bits per heavy atom. The third kappa shape index (κ3) is 6.42. The number of morpholine rings is 1. The Kier molecular flexibility index (Phi) is 10.6. The molecule has 0 aromatic heterocycles. The summed E-state index contributed by atoms with van der Waals surface area (Å²) in [7, 11) is 2.32. The van der Waals surface area contributed by atoms with Crippen molar-refractivity contribution >= 4 is 35.4 Å². The molecule has 3 aliphatic heterocycles. The van der Waals surface area contributed by atoms with Gasteiger partial charge in [0.1, 0.15) is 29.9 Å². The number of primary amides is 1. The summed E-state index contributed by atoms with van der Waals surface area (Å²) in [4.78, 5) is 70.1. The molecule has 2 saturated heterocycles. The molecule has 0 saturated carbocycles. The lowest BCUT2D eigenvalue weighted by Crippen LogP contribution is -2.53. The van der Waals surface area contributed by atoms with Crippen LogP contribution in [0.25, 0.3) is 0 Å². The molecule has 13 heteroatoms. The molecule has 6 atom stereocenters. The van der Waals surface area contributed by atoms with Gasteiger partial charge in [-0.05, 0) is 52.6 Å². The zero-order valence-electron chi connectivity index (χ0n) is 30.5. The Bertz CT molecular complexity index is 2220. The molecule has 2 amide bonds. The van der Waals surface area contributed by atoms with Gasteiger partial charge in [0, 0.05) is 17.7 Å². The van der Waals surface area contributed by atoms with Gasteiger partial charge in [0.05, 0.1) is 38.8 Å². The molecule has 4 aromatic rings. The van der Waals surface area contributed by atoms with Crippen molar-refractivity contribution in [3.05, 3.63) is 131 Å². The second kappa shape index (κ2) is 15.7. The van der Waals surface area contributed by atoms with E-state index >= 15 is 0 Å². The van der Waals surface area contributed by atoms with Gasteiger partial charge in [-0.15, -0.1) is 0 Å². The van der Waals surface area contributed by atoms with Crippen LogP contribution in [-0.2, 0) is 43.6 Å². The van der Waals surface area contributed by atoms with Crippen molar-refractivity contribution < 1.29 is 48.0 Å². The number of nitrogens with zero attached hydrogens (tertiary/aromatic N) is 1. The second-order valence-corrected chi connectivity index (χ2v) is 13.6. The zero-order chi connectivity index (χ0) is 39.6. The predicted molar refractivity (Wildman–Crippen MR) is 200 cm³/mol. The number of anilines is 1. The molecule has 286 valence electrons. The third-order valence-corrected chi connectivity index (χ3v) is 10.7. The average molecular weight is 758 g/mol. The second-order valence-electron chi connectivity index (χ2n) is 13.6. The molecule has 4 aromatic carbocycles. The molecule has 3 heterocycles. The van der Waals surface area contributed by atoms with Gasteiger partial charge >= 0.3 is 17.9 Å². The van der Waals surface area contributed by atoms with Crippen molar-refractivity contribution in [1.29, 1.82) is 0 Å². The lowest BCUT2D eigenvalue weighted by atomic mass is 9.65. The summed E-state index contributed by atoms with van der Waals surface area (Å²) in [6.45, 7) is -0.238. The van der Waals surface area contributed by atoms with Crippen molar-refractivity contribution in [3.8, 4) is 17.6 Å². The van der Waals surface area contributed by atoms with Crippen LogP contribution in [0.4, 0.5) is 5.69 Å². The van der Waals surface area contributed by atoms with E-state index in [4.69, 9.17) is 24.7 Å². The highest BCUT2D eigenvalue weighted by Gasteiger charge is 2.73. The maximum atomic E-state index is 15.0. The lowest BCUT2D eigenvalue weighted by Gasteiger charge is -2.46. The van der Waals surface area contributed by atoms with Gasteiger partial charge in [0.2, 0.25) is 11.8 Å². The summed E-state index contributed by atoms with van der Waals surface area (Å²) in [6, 6.07) is 27.6. The standard InChI is InChI=1S/C43H39N3O10/c1-53-39(49)30(40(50)54-2)18-9-11-25-19-20-32-31(23-25)43(42(52)45-32)33(38(44)48)35-41(51)56-36(27-14-7-4-8-15-27)34(26-12-5-3-6-13-26)46(35)37(43)28-16-10-17-29(24-28)55-22-21-47/h3-8,10,12-17,19-20,23-24,30,33-37,47H,18,21-22H2,1-2H3,(H2,44,48)(H,45,52)/t33-,34-,35-,36+,37+,43-/m0/s1. The number of rotatable bonds is 10. The number of hydrogen-bond acceptors (Lipinski definition) is 11. The van der Waals surface area contributed by atoms with E-state index in [1.54, 1.807) is 42.5 Å². The van der Waals surface area contributed by atoms with Gasteiger partial charge < -0.3 is 35.1 Å². The fourth-order valence-electron chi connectivity index (χ4n) is 8.44. The van der Waals surface area contributed by atoms with Gasteiger partial charge in [0.25, 0.3) is 0 Å². The molecule has 0 bridgehead atoms. The van der Waals surface area contributed by atoms with Crippen LogP contribution in [0.3, 0.4) is 0 Å². The number of aliphatic hydroxyl groups excluding tert-OH is 1. The van der Waals surface area contributed by atoms with Crippen LogP contribution in [0.5, 0.6) is 5.75 Å². The number of ether oxygens (including phenoxy) is 4. The van der Waals surface area contributed by atoms with Crippen molar-refractivity contribution in [3.63, 3.8) is 0 Å². The molecular weight excluding hydrogens is 718 g/mol. The topological polar surface area (TPSA) is 184 Å². The van der Waals surface area contributed by atoms with E-state index in [-0.39, 0.29) is 19.6 Å². The third-order valence-electron chi connectivity index (χ3n) is 10.7. The minimum absolute atomic E-state index is 0.00270. The van der Waals surface area contributed by atoms with Crippen LogP contribution in [0.2, 0.25) is 0 Å². The highest BCUT2D eigenvalue weighted by Crippen LogP contribution is 2.64. The number of amides is 2. The number of esters is 3. The number of fused-ring (bicyclic) bond motifs is 3. The monoisotopic (exact) mass is 757 g/mol. The fraction of sp³-hybridized carbons (Fsp3) is 0.279. The quantitative estimate of drug-likeness (QED) is 0.0932. The number of cyclic esters (lactones) is 1. The van der Waals surface area contributed by atoms with E-state index in [0.717, 1.165) is 19.8 Å². The van der Waals surface area contributed by atoms with E-state index in [1.807, 2.05) is 65.6 Å². The molecule has 0 aliphatic carbocycles. The van der Waals surface area contributed by atoms with Crippen LogP contribution >= 0.6 is 0 Å². The minimum Gasteiger partial charge on any atom is -0.491 e. The van der Waals surface area contributed by atoms with E-state index in [1.165, 1.54) is 0 Å². The summed E-state index contributed by atoms with van der Waals surface area (Å²) in [6.07, 6.45) is -1.08. The van der Waals surface area contributed by atoms with Gasteiger partial charge in [-0.2, -0.15) is 0 Å². The first kappa shape index (κ1) is 37.8. The number of benzene rings is 4. The summed E-state index contributed by atoms with van der Waals surface area (Å²) in [5.74, 6) is -0.283. The molecule has 0 radical (unpaired) electrons. The smallest absolute Gasteiger partial charge is 0.324 e. The van der Waals surface area contributed by atoms with Crippen LogP contribution in [0.1, 0.15) is 52.4 Å². The Morgan fingerprint density at radius 1 is 0.875 bits per heavy atom. The molecular formula is C43H39N3O10. The normalized spacial score (nSPS) is 23.6. The van der Waals surface area contributed by atoms with Crippen molar-refractivity contribution in [1.82, 2.24) is 4.90 Å². The fourth-order valence-corrected chi connectivity index (χ4v) is 8.44. The van der Waals surface area contributed by atoms with Crippen LogP contribution < -0.4 is 15.8 Å². The zero-order valence-corrected chi connectivity index (χ0v) is 30.5. The Labute approximate surface area is 322 Å². The van der Waals surface area contributed by atoms with Gasteiger partial charge in [0.15, 0.2) is 5.92 Å². The van der Waals surface area contributed by atoms with Crippen LogP contribution in [-0.4, -0.2) is 73.2 Å². The largest absolute Gasteiger partial charge is 0.491 e. The first-order chi connectivity index (χ1) is 27.1. The molecule has 56 heavy (non-hydrogen) atoms. The van der Waals surface area contributed by atoms with Crippen molar-refractivity contribution in [2.75, 3.05) is 32.8 Å². The van der Waals surface area contributed by atoms with Crippen molar-refractivity contribution in [2.45, 2.75) is 36.1 Å².